The summed E-state index contributed by atoms with van der Waals surface area (Å²) >= 11 is 0. The summed E-state index contributed by atoms with van der Waals surface area (Å²) in [6.07, 6.45) is 3.73. The van der Waals surface area contributed by atoms with Crippen LogP contribution in [-0.2, 0) is 14.3 Å². The fourth-order valence-electron chi connectivity index (χ4n) is 3.85. The molecule has 1 unspecified atom stereocenters. The first kappa shape index (κ1) is 17.6. The SMILES string of the molecule is COc1ccc(C(=O)COC(=O)C2C[C@H]3CCC[C@@H](C2)C3=O)cc1F. The Morgan fingerprint density at radius 3 is 2.48 bits per heavy atom. The predicted molar refractivity (Wildman–Crippen MR) is 86.8 cm³/mol. The van der Waals surface area contributed by atoms with Gasteiger partial charge in [0.05, 0.1) is 13.0 Å². The second-order valence-electron chi connectivity index (χ2n) is 6.78. The summed E-state index contributed by atoms with van der Waals surface area (Å²) in [6.45, 7) is -0.426. The highest BCUT2D eigenvalue weighted by atomic mass is 19.1. The molecule has 2 bridgehead atoms. The lowest BCUT2D eigenvalue weighted by molar-refractivity contribution is -0.152. The number of ether oxygens (including phenoxy) is 2. The van der Waals surface area contributed by atoms with Gasteiger partial charge in [0.1, 0.15) is 5.78 Å². The van der Waals surface area contributed by atoms with Crippen LogP contribution >= 0.6 is 0 Å². The molecule has 2 aliphatic rings. The quantitative estimate of drug-likeness (QED) is 0.604. The molecule has 0 heterocycles. The van der Waals surface area contributed by atoms with Crippen molar-refractivity contribution in [3.63, 3.8) is 0 Å². The summed E-state index contributed by atoms with van der Waals surface area (Å²) in [6, 6.07) is 3.86. The van der Waals surface area contributed by atoms with E-state index in [0.29, 0.717) is 12.8 Å². The largest absolute Gasteiger partial charge is 0.494 e. The lowest BCUT2D eigenvalue weighted by atomic mass is 9.67. The molecule has 2 fully saturated rings. The number of esters is 1. The van der Waals surface area contributed by atoms with Gasteiger partial charge in [-0.25, -0.2) is 4.39 Å². The zero-order valence-corrected chi connectivity index (χ0v) is 14.1. The maximum atomic E-state index is 13.7. The topological polar surface area (TPSA) is 69.7 Å². The summed E-state index contributed by atoms with van der Waals surface area (Å²) in [5.74, 6) is -1.64. The fraction of sp³-hybridized carbons (Fsp3) is 0.526. The molecule has 1 aromatic rings. The zero-order chi connectivity index (χ0) is 18.0. The number of carbonyl (C=O) groups excluding carboxylic acids is 3. The Morgan fingerprint density at radius 2 is 1.88 bits per heavy atom. The number of hydrogen-bond acceptors (Lipinski definition) is 5. The van der Waals surface area contributed by atoms with E-state index in [-0.39, 0.29) is 34.8 Å². The summed E-state index contributed by atoms with van der Waals surface area (Å²) in [4.78, 5) is 36.4. The van der Waals surface area contributed by atoms with E-state index in [1.54, 1.807) is 0 Å². The van der Waals surface area contributed by atoms with Crippen molar-refractivity contribution in [3.8, 4) is 5.75 Å². The predicted octanol–water partition coefficient (Wildman–Crippen LogP) is 2.96. The molecule has 1 aromatic carbocycles. The van der Waals surface area contributed by atoms with Crippen LogP contribution in [0.3, 0.4) is 0 Å². The summed E-state index contributed by atoms with van der Waals surface area (Å²) in [7, 11) is 1.34. The van der Waals surface area contributed by atoms with E-state index in [1.807, 2.05) is 0 Å². The van der Waals surface area contributed by atoms with Gasteiger partial charge in [0, 0.05) is 17.4 Å². The van der Waals surface area contributed by atoms with E-state index in [1.165, 1.54) is 19.2 Å². The Labute approximate surface area is 145 Å². The van der Waals surface area contributed by atoms with Gasteiger partial charge in [0.2, 0.25) is 0 Å². The van der Waals surface area contributed by atoms with Crippen molar-refractivity contribution in [3.05, 3.63) is 29.6 Å². The number of halogens is 1. The van der Waals surface area contributed by atoms with Crippen LogP contribution < -0.4 is 4.74 Å². The van der Waals surface area contributed by atoms with Crippen LogP contribution in [0.5, 0.6) is 5.75 Å². The molecule has 0 spiro atoms. The minimum Gasteiger partial charge on any atom is -0.494 e. The van der Waals surface area contributed by atoms with Gasteiger partial charge in [-0.1, -0.05) is 6.42 Å². The lowest BCUT2D eigenvalue weighted by Crippen LogP contribution is -2.39. The van der Waals surface area contributed by atoms with E-state index < -0.39 is 24.2 Å². The maximum absolute atomic E-state index is 13.7. The first-order valence-corrected chi connectivity index (χ1v) is 8.56. The number of ketones is 2. The molecule has 134 valence electrons. The molecule has 25 heavy (non-hydrogen) atoms. The van der Waals surface area contributed by atoms with E-state index >= 15 is 0 Å². The molecule has 0 amide bonds. The smallest absolute Gasteiger partial charge is 0.309 e. The number of rotatable bonds is 5. The van der Waals surface area contributed by atoms with E-state index in [4.69, 9.17) is 9.47 Å². The van der Waals surface area contributed by atoms with Gasteiger partial charge in [-0.2, -0.15) is 0 Å². The fourth-order valence-corrected chi connectivity index (χ4v) is 3.85. The number of benzene rings is 1. The number of methoxy groups -OCH3 is 1. The molecule has 0 radical (unpaired) electrons. The summed E-state index contributed by atoms with van der Waals surface area (Å²) < 4.78 is 23.6. The number of Topliss-reactive ketones (excluding diaryl/α,β-unsaturated/α-hetero) is 2. The van der Waals surface area contributed by atoms with Crippen molar-refractivity contribution < 1.29 is 28.2 Å². The van der Waals surface area contributed by atoms with Gasteiger partial charge in [-0.15, -0.1) is 0 Å². The van der Waals surface area contributed by atoms with Crippen molar-refractivity contribution in [1.82, 2.24) is 0 Å². The molecule has 3 atom stereocenters. The molecule has 0 saturated heterocycles. The Balaban J connectivity index is 1.56. The van der Waals surface area contributed by atoms with Gasteiger partial charge < -0.3 is 9.47 Å². The van der Waals surface area contributed by atoms with Crippen molar-refractivity contribution >= 4 is 17.5 Å². The van der Waals surface area contributed by atoms with Crippen LogP contribution in [0.1, 0.15) is 42.5 Å². The molecular weight excluding hydrogens is 327 g/mol. The van der Waals surface area contributed by atoms with Gasteiger partial charge in [-0.05, 0) is 43.9 Å². The minimum absolute atomic E-state index is 0.0450. The summed E-state index contributed by atoms with van der Waals surface area (Å²) in [5.41, 5.74) is 0.127. The van der Waals surface area contributed by atoms with Crippen molar-refractivity contribution in [2.75, 3.05) is 13.7 Å². The average molecular weight is 348 g/mol. The molecule has 0 aliphatic heterocycles. The molecule has 0 aromatic heterocycles. The van der Waals surface area contributed by atoms with Crippen LogP contribution in [0.4, 0.5) is 4.39 Å². The second kappa shape index (κ2) is 7.33. The normalized spacial score (nSPS) is 25.4. The number of hydrogen-bond donors (Lipinski definition) is 0. The number of fused-ring (bicyclic) bond motifs is 2. The third-order valence-corrected chi connectivity index (χ3v) is 5.20. The average Bonchev–Trinajstić information content (AvgIpc) is 2.59. The monoisotopic (exact) mass is 348 g/mol. The number of carbonyl (C=O) groups is 3. The third kappa shape index (κ3) is 3.72. The van der Waals surface area contributed by atoms with Gasteiger partial charge in [-0.3, -0.25) is 14.4 Å². The van der Waals surface area contributed by atoms with Crippen molar-refractivity contribution in [2.45, 2.75) is 32.1 Å². The minimum atomic E-state index is -0.640. The van der Waals surface area contributed by atoms with Crippen LogP contribution in [0.15, 0.2) is 18.2 Å². The third-order valence-electron chi connectivity index (χ3n) is 5.20. The van der Waals surface area contributed by atoms with Gasteiger partial charge in [0.15, 0.2) is 24.0 Å². The first-order valence-electron chi connectivity index (χ1n) is 8.56. The molecule has 6 heteroatoms. The van der Waals surface area contributed by atoms with Gasteiger partial charge >= 0.3 is 5.97 Å². The Kier molecular flexibility index (Phi) is 5.16. The Hall–Kier alpha value is -2.24. The Bertz CT molecular complexity index is 683. The molecule has 5 nitrogen and oxygen atoms in total. The van der Waals surface area contributed by atoms with Crippen molar-refractivity contribution in [2.24, 2.45) is 17.8 Å². The van der Waals surface area contributed by atoms with Crippen molar-refractivity contribution in [1.29, 1.82) is 0 Å². The molecule has 3 rings (SSSR count). The molecular formula is C19H21FO5. The van der Waals surface area contributed by atoms with Crippen LogP contribution in [0.2, 0.25) is 0 Å². The second-order valence-corrected chi connectivity index (χ2v) is 6.78. The maximum Gasteiger partial charge on any atom is 0.309 e. The first-order chi connectivity index (χ1) is 12.0. The standard InChI is InChI=1S/C19H21FO5/c1-24-17-6-5-11(9-15(17)20)16(21)10-25-19(23)14-7-12-3-2-4-13(8-14)18(12)22/h5-6,9,12-14H,2-4,7-8,10H2,1H3/t12-,13+,14?. The highest BCUT2D eigenvalue weighted by molar-refractivity contribution is 5.98. The van der Waals surface area contributed by atoms with Crippen LogP contribution in [0.25, 0.3) is 0 Å². The lowest BCUT2D eigenvalue weighted by Gasteiger charge is -2.36. The summed E-state index contributed by atoms with van der Waals surface area (Å²) in [5, 5.41) is 0. The van der Waals surface area contributed by atoms with E-state index in [9.17, 15) is 18.8 Å². The van der Waals surface area contributed by atoms with Gasteiger partial charge in [0.25, 0.3) is 0 Å². The van der Waals surface area contributed by atoms with E-state index in [2.05, 4.69) is 0 Å². The van der Waals surface area contributed by atoms with Crippen LogP contribution in [0, 0.1) is 23.6 Å². The van der Waals surface area contributed by atoms with Crippen LogP contribution in [-0.4, -0.2) is 31.3 Å². The molecule has 2 aliphatic carbocycles. The zero-order valence-electron chi connectivity index (χ0n) is 14.1. The highest BCUT2D eigenvalue weighted by Gasteiger charge is 2.41. The Morgan fingerprint density at radius 1 is 1.20 bits per heavy atom. The molecule has 0 N–H and O–H groups in total. The molecule has 2 saturated carbocycles. The highest BCUT2D eigenvalue weighted by Crippen LogP contribution is 2.40. The van der Waals surface area contributed by atoms with E-state index in [0.717, 1.165) is 25.3 Å².